The molecular weight excluding hydrogens is 917 g/mol. The van der Waals surface area contributed by atoms with Crippen molar-refractivity contribution in [1.82, 2.24) is 0 Å². The number of benzene rings is 6. The Balaban J connectivity index is 1.22. The highest BCUT2D eigenvalue weighted by Gasteiger charge is 2.54. The highest BCUT2D eigenvalue weighted by Crippen LogP contribution is 2.49. The number of carbonyl (C=O) groups is 4. The number of cyclic esters (lactones) is 1. The fourth-order valence-corrected chi connectivity index (χ4v) is 8.41. The number of hydrogen-bond acceptors (Lipinski definition) is 16. The van der Waals surface area contributed by atoms with Crippen LogP contribution in [0.4, 0.5) is 0 Å². The topological polar surface area (TPSA) is 223 Å². The van der Waals surface area contributed by atoms with E-state index in [1.807, 2.05) is 74.5 Å². The third-order valence-corrected chi connectivity index (χ3v) is 12.9. The minimum atomic E-state index is -1.81. The SMILES string of the molecule is CO[C@@H]1OC2COC(=O)c3cc(O)c(C)c(O)c3-c3c(cc(O)c(C)c3O)C(=O)O[C@H]2[C@H](OC(=O)c2cc(C)c(C)c(OCc3ccccc3)c2)C1OC(=O)c1cc(C)c(C)c(OCc2ccccc2)c1. The summed E-state index contributed by atoms with van der Waals surface area (Å²) >= 11 is 0. The maximum Gasteiger partial charge on any atom is 0.339 e. The van der Waals surface area contributed by atoms with Crippen molar-refractivity contribution in [2.75, 3.05) is 13.7 Å². The molecule has 0 radical (unpaired) electrons. The first-order chi connectivity index (χ1) is 33.9. The molecule has 0 aromatic heterocycles. The lowest BCUT2D eigenvalue weighted by atomic mass is 9.89. The van der Waals surface area contributed by atoms with Gasteiger partial charge in [0.2, 0.25) is 0 Å². The van der Waals surface area contributed by atoms with Gasteiger partial charge in [0.15, 0.2) is 24.6 Å². The van der Waals surface area contributed by atoms with E-state index >= 15 is 0 Å². The van der Waals surface area contributed by atoms with Crippen LogP contribution in [0.3, 0.4) is 0 Å². The summed E-state index contributed by atoms with van der Waals surface area (Å²) in [6, 6.07) is 26.9. The van der Waals surface area contributed by atoms with Crippen molar-refractivity contribution in [3.05, 3.63) is 164 Å². The molecule has 0 amide bonds. The van der Waals surface area contributed by atoms with Gasteiger partial charge in [-0.3, -0.25) is 0 Å². The van der Waals surface area contributed by atoms with E-state index < -0.39 is 106 Å². The number of aryl methyl sites for hydroxylation is 2. The van der Waals surface area contributed by atoms with Crippen LogP contribution in [-0.2, 0) is 41.6 Å². The summed E-state index contributed by atoms with van der Waals surface area (Å²) in [5.74, 6) is -6.13. The standard InChI is InChI=1S/C55H52O16/c1-27-18-35(20-41(29(27)3)65-24-33-14-10-8-11-15-33)51(60)70-49-48-43(68-55(64-7)50(49)71-52(61)36-19-28(2)30(4)42(21-36)66-25-34-16-12-9-13-17-34)26-67-53(62)37-22-39(56)31(5)46(58)44(37)45-38(54(63)69-48)23-40(57)32(6)47(45)59/h8-23,43,48-50,55-59H,24-26H2,1-7H3/t43?,48-,49+,50?,55-/m1/s1. The Morgan fingerprint density at radius 1 is 0.592 bits per heavy atom. The normalized spacial score (nSPS) is 18.6. The van der Waals surface area contributed by atoms with E-state index in [0.717, 1.165) is 34.4 Å². The fraction of sp³-hybridized carbons (Fsp3) is 0.273. The molecule has 16 heteroatoms. The van der Waals surface area contributed by atoms with E-state index in [2.05, 4.69) is 0 Å². The van der Waals surface area contributed by atoms with Crippen LogP contribution in [0.15, 0.2) is 97.1 Å². The maximum absolute atomic E-state index is 14.8. The molecule has 368 valence electrons. The van der Waals surface area contributed by atoms with Crippen molar-refractivity contribution in [1.29, 1.82) is 0 Å². The average molecular weight is 969 g/mol. The Labute approximate surface area is 408 Å². The number of methoxy groups -OCH3 is 1. The monoisotopic (exact) mass is 968 g/mol. The molecule has 6 aromatic carbocycles. The van der Waals surface area contributed by atoms with Crippen LogP contribution in [0.25, 0.3) is 11.1 Å². The predicted octanol–water partition coefficient (Wildman–Crippen LogP) is 8.70. The quantitative estimate of drug-likeness (QED) is 0.0704. The maximum atomic E-state index is 14.8. The van der Waals surface area contributed by atoms with Crippen molar-refractivity contribution in [3.8, 4) is 45.6 Å². The summed E-state index contributed by atoms with van der Waals surface area (Å²) in [6.07, 6.45) is -8.47. The Bertz CT molecular complexity index is 3040. The van der Waals surface area contributed by atoms with Gasteiger partial charge in [-0.15, -0.1) is 0 Å². The summed E-state index contributed by atoms with van der Waals surface area (Å²) in [5, 5.41) is 44.8. The van der Waals surface area contributed by atoms with Gasteiger partial charge in [0, 0.05) is 29.4 Å². The second-order valence-electron chi connectivity index (χ2n) is 17.5. The van der Waals surface area contributed by atoms with Gasteiger partial charge < -0.3 is 58.3 Å². The number of ether oxygens (including phenoxy) is 8. The average Bonchev–Trinajstić information content (AvgIpc) is 3.37. The molecule has 8 rings (SSSR count). The minimum Gasteiger partial charge on any atom is -0.508 e. The first-order valence-corrected chi connectivity index (χ1v) is 22.6. The van der Waals surface area contributed by atoms with Crippen LogP contribution in [-0.4, -0.2) is 88.7 Å². The number of hydrogen-bond donors (Lipinski definition) is 4. The van der Waals surface area contributed by atoms with E-state index in [4.69, 9.17) is 37.9 Å². The summed E-state index contributed by atoms with van der Waals surface area (Å²) < 4.78 is 48.8. The van der Waals surface area contributed by atoms with Gasteiger partial charge in [-0.05, 0) is 111 Å². The van der Waals surface area contributed by atoms with Crippen LogP contribution in [0, 0.1) is 41.5 Å². The molecule has 1 saturated heterocycles. The number of fused-ring (bicyclic) bond motifs is 4. The van der Waals surface area contributed by atoms with Gasteiger partial charge >= 0.3 is 23.9 Å². The molecule has 2 aliphatic rings. The van der Waals surface area contributed by atoms with E-state index in [9.17, 15) is 39.6 Å². The lowest BCUT2D eigenvalue weighted by Crippen LogP contribution is -2.63. The second kappa shape index (κ2) is 20.5. The largest absolute Gasteiger partial charge is 0.508 e. The number of carbonyl (C=O) groups excluding carboxylic acids is 4. The lowest BCUT2D eigenvalue weighted by molar-refractivity contribution is -0.291. The molecule has 1 fully saturated rings. The smallest absolute Gasteiger partial charge is 0.339 e. The van der Waals surface area contributed by atoms with Crippen LogP contribution in [0.5, 0.6) is 34.5 Å². The first kappa shape index (κ1) is 49.3. The molecule has 2 heterocycles. The van der Waals surface area contributed by atoms with Crippen molar-refractivity contribution in [3.63, 3.8) is 0 Å². The minimum absolute atomic E-state index is 0.00111. The summed E-state index contributed by atoms with van der Waals surface area (Å²) in [5.41, 5.74) is 2.45. The molecule has 0 saturated carbocycles. The molecule has 71 heavy (non-hydrogen) atoms. The van der Waals surface area contributed by atoms with Crippen molar-refractivity contribution in [2.24, 2.45) is 0 Å². The lowest BCUT2D eigenvalue weighted by Gasteiger charge is -2.44. The van der Waals surface area contributed by atoms with Crippen LogP contribution >= 0.6 is 0 Å². The van der Waals surface area contributed by atoms with Gasteiger partial charge in [-0.1, -0.05) is 60.7 Å². The molecule has 0 aliphatic carbocycles. The van der Waals surface area contributed by atoms with E-state index in [0.29, 0.717) is 22.6 Å². The van der Waals surface area contributed by atoms with Crippen molar-refractivity contribution in [2.45, 2.75) is 85.5 Å². The summed E-state index contributed by atoms with van der Waals surface area (Å²) in [7, 11) is 1.23. The highest BCUT2D eigenvalue weighted by molar-refractivity contribution is 6.08. The third kappa shape index (κ3) is 10.0. The van der Waals surface area contributed by atoms with Gasteiger partial charge in [-0.2, -0.15) is 0 Å². The van der Waals surface area contributed by atoms with Gasteiger partial charge in [0.25, 0.3) is 0 Å². The van der Waals surface area contributed by atoms with Gasteiger partial charge in [0.05, 0.1) is 22.3 Å². The second-order valence-corrected chi connectivity index (χ2v) is 17.5. The zero-order valence-electron chi connectivity index (χ0n) is 39.9. The fourth-order valence-electron chi connectivity index (χ4n) is 8.41. The zero-order valence-corrected chi connectivity index (χ0v) is 39.9. The van der Waals surface area contributed by atoms with E-state index in [1.165, 1.54) is 33.1 Å². The molecule has 6 aromatic rings. The third-order valence-electron chi connectivity index (χ3n) is 12.9. The first-order valence-electron chi connectivity index (χ1n) is 22.6. The number of esters is 4. The van der Waals surface area contributed by atoms with Crippen molar-refractivity contribution >= 4 is 23.9 Å². The summed E-state index contributed by atoms with van der Waals surface area (Å²) in [6.45, 7) is 9.53. The molecule has 0 bridgehead atoms. The number of rotatable bonds is 11. The highest BCUT2D eigenvalue weighted by atomic mass is 16.7. The van der Waals surface area contributed by atoms with E-state index in [1.54, 1.807) is 26.0 Å². The van der Waals surface area contributed by atoms with Crippen LogP contribution < -0.4 is 9.47 Å². The van der Waals surface area contributed by atoms with E-state index in [-0.39, 0.29) is 35.5 Å². The molecule has 4 N–H and O–H groups in total. The van der Waals surface area contributed by atoms with Crippen LogP contribution in [0.2, 0.25) is 0 Å². The molecule has 2 aliphatic heterocycles. The Kier molecular flexibility index (Phi) is 14.2. The Morgan fingerprint density at radius 3 is 1.51 bits per heavy atom. The molecular formula is C55H52O16. The number of phenolic OH excluding ortho intramolecular Hbond substituents is 4. The predicted molar refractivity (Wildman–Crippen MR) is 255 cm³/mol. The molecule has 16 nitrogen and oxygen atoms in total. The molecule has 5 atom stereocenters. The summed E-state index contributed by atoms with van der Waals surface area (Å²) in [4.78, 5) is 58.1. The Morgan fingerprint density at radius 2 is 1.04 bits per heavy atom. The molecule has 0 spiro atoms. The molecule has 2 unspecified atom stereocenters. The van der Waals surface area contributed by atoms with Crippen molar-refractivity contribution < 1.29 is 77.5 Å². The Hall–Kier alpha value is -8.08. The number of aromatic hydroxyl groups is 4. The van der Waals surface area contributed by atoms with Crippen LogP contribution in [0.1, 0.15) is 85.9 Å². The van der Waals surface area contributed by atoms with Gasteiger partial charge in [0.1, 0.15) is 60.4 Å². The van der Waals surface area contributed by atoms with Gasteiger partial charge in [-0.25, -0.2) is 19.2 Å². The number of phenols is 4. The zero-order chi connectivity index (χ0) is 50.8.